The fourth-order valence-electron chi connectivity index (χ4n) is 4.95. The average molecular weight is 449 g/mol. The van der Waals surface area contributed by atoms with E-state index >= 15 is 0 Å². The third-order valence-electron chi connectivity index (χ3n) is 6.80. The summed E-state index contributed by atoms with van der Waals surface area (Å²) in [6.45, 7) is 2.53. The van der Waals surface area contributed by atoms with Crippen molar-refractivity contribution < 1.29 is 14.6 Å². The van der Waals surface area contributed by atoms with Gasteiger partial charge in [-0.15, -0.1) is 0 Å². The number of carboxylic acid groups (broad SMARTS) is 1. The standard InChI is InChI=1S/C26H32N4O3/c1-33-22-7-8-25-23(16-22)20(10-12-27-25)5-2-6-21-11-15-30(18-24(21)26(31)32)14-3-4-19-9-13-28-29-17-19/h7-10,12-13,16-17,21,24H,2-6,11,14-15,18H2,1H3,(H,31,32)/t21-,24+/m1/s1. The van der Waals surface area contributed by atoms with E-state index in [4.69, 9.17) is 4.74 Å². The number of hydrogen-bond donors (Lipinski definition) is 1. The Morgan fingerprint density at radius 3 is 2.85 bits per heavy atom. The number of methoxy groups -OCH3 is 1. The van der Waals surface area contributed by atoms with E-state index < -0.39 is 5.97 Å². The van der Waals surface area contributed by atoms with Crippen LogP contribution < -0.4 is 4.74 Å². The van der Waals surface area contributed by atoms with Crippen LogP contribution in [0.15, 0.2) is 48.9 Å². The van der Waals surface area contributed by atoms with E-state index in [2.05, 4.69) is 26.1 Å². The number of aromatic nitrogens is 3. The molecule has 0 aliphatic carbocycles. The first-order valence-corrected chi connectivity index (χ1v) is 11.8. The monoisotopic (exact) mass is 448 g/mol. The quantitative estimate of drug-likeness (QED) is 0.501. The van der Waals surface area contributed by atoms with Crippen LogP contribution in [-0.4, -0.2) is 57.9 Å². The summed E-state index contributed by atoms with van der Waals surface area (Å²) in [4.78, 5) is 18.8. The van der Waals surface area contributed by atoms with Gasteiger partial charge in [0.15, 0.2) is 0 Å². The lowest BCUT2D eigenvalue weighted by Crippen LogP contribution is -2.44. The van der Waals surface area contributed by atoms with Gasteiger partial charge in [0.2, 0.25) is 0 Å². The summed E-state index contributed by atoms with van der Waals surface area (Å²) in [5.74, 6) is 0.0961. The second-order valence-corrected chi connectivity index (χ2v) is 8.89. The van der Waals surface area contributed by atoms with Crippen LogP contribution in [0.5, 0.6) is 5.75 Å². The molecule has 1 fully saturated rings. The molecular weight excluding hydrogens is 416 g/mol. The Hall–Kier alpha value is -3.06. The molecule has 0 radical (unpaired) electrons. The minimum Gasteiger partial charge on any atom is -0.497 e. The number of carbonyl (C=O) groups is 1. The van der Waals surface area contributed by atoms with E-state index in [0.717, 1.165) is 68.3 Å². The molecule has 7 heteroatoms. The predicted molar refractivity (Wildman–Crippen MR) is 127 cm³/mol. The van der Waals surface area contributed by atoms with Gasteiger partial charge in [0, 0.05) is 24.3 Å². The van der Waals surface area contributed by atoms with Gasteiger partial charge >= 0.3 is 5.97 Å². The van der Waals surface area contributed by atoms with Crippen molar-refractivity contribution >= 4 is 16.9 Å². The van der Waals surface area contributed by atoms with Gasteiger partial charge in [0.05, 0.1) is 24.7 Å². The minimum absolute atomic E-state index is 0.228. The summed E-state index contributed by atoms with van der Waals surface area (Å²) in [5.41, 5.74) is 3.39. The number of aliphatic carboxylic acids is 1. The Kier molecular flexibility index (Phi) is 7.83. The molecule has 174 valence electrons. The number of fused-ring (bicyclic) bond motifs is 1. The van der Waals surface area contributed by atoms with Gasteiger partial charge in [-0.3, -0.25) is 9.78 Å². The summed E-state index contributed by atoms with van der Waals surface area (Å²) >= 11 is 0. The molecular formula is C26H32N4O3. The van der Waals surface area contributed by atoms with Gasteiger partial charge in [-0.2, -0.15) is 10.2 Å². The van der Waals surface area contributed by atoms with Crippen molar-refractivity contribution in [2.24, 2.45) is 11.8 Å². The zero-order valence-electron chi connectivity index (χ0n) is 19.2. The first-order valence-electron chi connectivity index (χ1n) is 11.8. The fraction of sp³-hybridized carbons (Fsp3) is 0.462. The van der Waals surface area contributed by atoms with Crippen LogP contribution in [0.1, 0.15) is 36.8 Å². The van der Waals surface area contributed by atoms with E-state index in [0.29, 0.717) is 6.54 Å². The maximum absolute atomic E-state index is 12.0. The number of carboxylic acids is 1. The van der Waals surface area contributed by atoms with Crippen LogP contribution >= 0.6 is 0 Å². The number of ether oxygens (including phenoxy) is 1. The molecule has 1 aliphatic rings. The Morgan fingerprint density at radius 2 is 2.06 bits per heavy atom. The maximum Gasteiger partial charge on any atom is 0.308 e. The number of piperidine rings is 1. The predicted octanol–water partition coefficient (Wildman–Crippen LogP) is 4.01. The lowest BCUT2D eigenvalue weighted by molar-refractivity contribution is -0.146. The van der Waals surface area contributed by atoms with Crippen LogP contribution in [0.2, 0.25) is 0 Å². The summed E-state index contributed by atoms with van der Waals surface area (Å²) < 4.78 is 5.38. The Bertz CT molecular complexity index is 1060. The van der Waals surface area contributed by atoms with Crippen molar-refractivity contribution in [1.29, 1.82) is 0 Å². The van der Waals surface area contributed by atoms with Crippen molar-refractivity contribution in [2.75, 3.05) is 26.7 Å². The normalized spacial score (nSPS) is 18.9. The van der Waals surface area contributed by atoms with Crippen LogP contribution in [0.25, 0.3) is 10.9 Å². The van der Waals surface area contributed by atoms with Gasteiger partial charge in [0.25, 0.3) is 0 Å². The summed E-state index contributed by atoms with van der Waals surface area (Å²) in [6.07, 6.45) is 11.1. The smallest absolute Gasteiger partial charge is 0.308 e. The third-order valence-corrected chi connectivity index (χ3v) is 6.80. The molecule has 3 heterocycles. The van der Waals surface area contributed by atoms with Gasteiger partial charge < -0.3 is 14.7 Å². The van der Waals surface area contributed by atoms with E-state index in [-0.39, 0.29) is 11.8 Å². The van der Waals surface area contributed by atoms with E-state index in [1.165, 1.54) is 11.1 Å². The Balaban J connectivity index is 1.29. The molecule has 33 heavy (non-hydrogen) atoms. The molecule has 1 aromatic carbocycles. The number of nitrogens with zero attached hydrogens (tertiary/aromatic N) is 4. The largest absolute Gasteiger partial charge is 0.497 e. The van der Waals surface area contributed by atoms with Gasteiger partial charge in [-0.25, -0.2) is 0 Å². The van der Waals surface area contributed by atoms with Crippen molar-refractivity contribution in [3.63, 3.8) is 0 Å². The van der Waals surface area contributed by atoms with Crippen molar-refractivity contribution in [3.05, 3.63) is 60.0 Å². The molecule has 1 aliphatic heterocycles. The van der Waals surface area contributed by atoms with Gasteiger partial charge in [-0.1, -0.05) is 0 Å². The minimum atomic E-state index is -0.665. The third kappa shape index (κ3) is 6.05. The number of rotatable bonds is 10. The number of benzene rings is 1. The summed E-state index contributed by atoms with van der Waals surface area (Å²) in [7, 11) is 1.67. The highest BCUT2D eigenvalue weighted by Gasteiger charge is 2.33. The highest BCUT2D eigenvalue weighted by atomic mass is 16.5. The average Bonchev–Trinajstić information content (AvgIpc) is 2.85. The molecule has 2 aromatic heterocycles. The topological polar surface area (TPSA) is 88.4 Å². The first-order chi connectivity index (χ1) is 16.1. The number of pyridine rings is 1. The SMILES string of the molecule is COc1ccc2nccc(CCC[C@@H]3CCN(CCCc4ccnnc4)C[C@@H]3C(=O)O)c2c1. The van der Waals surface area contributed by atoms with E-state index in [9.17, 15) is 9.90 Å². The molecule has 3 aromatic rings. The van der Waals surface area contributed by atoms with Crippen LogP contribution in [-0.2, 0) is 17.6 Å². The zero-order chi connectivity index (χ0) is 23.0. The summed E-state index contributed by atoms with van der Waals surface area (Å²) in [6, 6.07) is 10.0. The molecule has 1 saturated heterocycles. The summed E-state index contributed by atoms with van der Waals surface area (Å²) in [5, 5.41) is 18.7. The van der Waals surface area contributed by atoms with Crippen LogP contribution in [0.4, 0.5) is 0 Å². The van der Waals surface area contributed by atoms with Gasteiger partial charge in [0.1, 0.15) is 5.75 Å². The molecule has 7 nitrogen and oxygen atoms in total. The Labute approximate surface area is 194 Å². The highest BCUT2D eigenvalue weighted by molar-refractivity contribution is 5.83. The van der Waals surface area contributed by atoms with Crippen molar-refractivity contribution in [1.82, 2.24) is 20.1 Å². The van der Waals surface area contributed by atoms with Gasteiger partial charge in [-0.05, 0) is 99.0 Å². The second-order valence-electron chi connectivity index (χ2n) is 8.89. The zero-order valence-corrected chi connectivity index (χ0v) is 19.2. The number of likely N-dealkylation sites (tertiary alicyclic amines) is 1. The fourth-order valence-corrected chi connectivity index (χ4v) is 4.95. The lowest BCUT2D eigenvalue weighted by atomic mass is 9.81. The van der Waals surface area contributed by atoms with Crippen LogP contribution in [0, 0.1) is 11.8 Å². The highest BCUT2D eigenvalue weighted by Crippen LogP contribution is 2.30. The molecule has 0 unspecified atom stereocenters. The van der Waals surface area contributed by atoms with E-state index in [1.807, 2.05) is 30.5 Å². The lowest BCUT2D eigenvalue weighted by Gasteiger charge is -2.36. The number of hydrogen-bond acceptors (Lipinski definition) is 6. The molecule has 0 amide bonds. The molecule has 1 N–H and O–H groups in total. The second kappa shape index (κ2) is 11.2. The first kappa shape index (κ1) is 23.1. The van der Waals surface area contributed by atoms with Crippen LogP contribution in [0.3, 0.4) is 0 Å². The molecule has 0 spiro atoms. The molecule has 2 atom stereocenters. The Morgan fingerprint density at radius 1 is 1.15 bits per heavy atom. The van der Waals surface area contributed by atoms with Crippen molar-refractivity contribution in [2.45, 2.75) is 38.5 Å². The molecule has 0 bridgehead atoms. The molecule has 4 rings (SSSR count). The molecule has 0 saturated carbocycles. The maximum atomic E-state index is 12.0. The van der Waals surface area contributed by atoms with Crippen molar-refractivity contribution in [3.8, 4) is 5.75 Å². The number of aryl methyl sites for hydroxylation is 2. The van der Waals surface area contributed by atoms with E-state index in [1.54, 1.807) is 19.5 Å².